The smallest absolute Gasteiger partial charge is 0.388 e. The van der Waals surface area contributed by atoms with Gasteiger partial charge in [-0.2, -0.15) is 13.2 Å². The van der Waals surface area contributed by atoms with Crippen molar-refractivity contribution in [2.75, 3.05) is 18.0 Å². The molecule has 0 spiro atoms. The van der Waals surface area contributed by atoms with Crippen LogP contribution in [0, 0.1) is 5.92 Å². The highest BCUT2D eigenvalue weighted by atomic mass is 19.4. The van der Waals surface area contributed by atoms with E-state index in [1.807, 2.05) is 6.92 Å². The Hall–Kier alpha value is -1.30. The SMILES string of the molecule is C[C@@H]1CN(c2cccc(C(F)(F)F)n2)C[C@]1(C)O. The van der Waals surface area contributed by atoms with Gasteiger partial charge in [-0.15, -0.1) is 0 Å². The summed E-state index contributed by atoms with van der Waals surface area (Å²) < 4.78 is 37.7. The summed E-state index contributed by atoms with van der Waals surface area (Å²) in [6.07, 6.45) is -4.44. The Kier molecular flexibility index (Phi) is 3.01. The van der Waals surface area contributed by atoms with Crippen molar-refractivity contribution in [3.8, 4) is 0 Å². The molecule has 0 aromatic carbocycles. The number of nitrogens with zero attached hydrogens (tertiary/aromatic N) is 2. The highest BCUT2D eigenvalue weighted by Crippen LogP contribution is 2.32. The molecule has 3 nitrogen and oxygen atoms in total. The van der Waals surface area contributed by atoms with E-state index in [-0.39, 0.29) is 11.7 Å². The van der Waals surface area contributed by atoms with Gasteiger partial charge in [-0.1, -0.05) is 13.0 Å². The third-order valence-corrected chi connectivity index (χ3v) is 3.42. The third-order valence-electron chi connectivity index (χ3n) is 3.42. The number of halogens is 3. The van der Waals surface area contributed by atoms with Crippen LogP contribution in [0.4, 0.5) is 19.0 Å². The minimum absolute atomic E-state index is 0.00570. The van der Waals surface area contributed by atoms with E-state index in [1.165, 1.54) is 12.1 Å². The number of pyridine rings is 1. The van der Waals surface area contributed by atoms with Gasteiger partial charge in [0.25, 0.3) is 0 Å². The Morgan fingerprint density at radius 2 is 2.11 bits per heavy atom. The average Bonchev–Trinajstić information content (AvgIpc) is 2.53. The summed E-state index contributed by atoms with van der Waals surface area (Å²) in [6.45, 7) is 4.35. The van der Waals surface area contributed by atoms with Crippen LogP contribution in [0.5, 0.6) is 0 Å². The van der Waals surface area contributed by atoms with Gasteiger partial charge in [-0.25, -0.2) is 4.98 Å². The summed E-state index contributed by atoms with van der Waals surface area (Å²) >= 11 is 0. The summed E-state index contributed by atoms with van der Waals surface area (Å²) in [7, 11) is 0. The normalized spacial score (nSPS) is 28.8. The molecule has 1 aromatic rings. The second-order valence-electron chi connectivity index (χ2n) is 5.02. The largest absolute Gasteiger partial charge is 0.433 e. The number of aliphatic hydroxyl groups is 1. The molecule has 1 fully saturated rings. The van der Waals surface area contributed by atoms with Crippen LogP contribution in [0.2, 0.25) is 0 Å². The maximum Gasteiger partial charge on any atom is 0.433 e. The first-order chi connectivity index (χ1) is 8.20. The Labute approximate surface area is 103 Å². The quantitative estimate of drug-likeness (QED) is 0.841. The highest BCUT2D eigenvalue weighted by molar-refractivity contribution is 5.42. The topological polar surface area (TPSA) is 36.4 Å². The van der Waals surface area contributed by atoms with Gasteiger partial charge in [0.05, 0.1) is 5.60 Å². The Balaban J connectivity index is 2.26. The zero-order chi connectivity index (χ0) is 13.6. The zero-order valence-corrected chi connectivity index (χ0v) is 10.2. The summed E-state index contributed by atoms with van der Waals surface area (Å²) in [4.78, 5) is 5.30. The van der Waals surface area contributed by atoms with Crippen LogP contribution in [0.1, 0.15) is 19.5 Å². The first kappa shape index (κ1) is 13.1. The van der Waals surface area contributed by atoms with Crippen LogP contribution >= 0.6 is 0 Å². The highest BCUT2D eigenvalue weighted by Gasteiger charge is 2.40. The lowest BCUT2D eigenvalue weighted by Crippen LogP contribution is -2.33. The molecule has 6 heteroatoms. The van der Waals surface area contributed by atoms with Gasteiger partial charge in [0, 0.05) is 19.0 Å². The van der Waals surface area contributed by atoms with Gasteiger partial charge in [-0.3, -0.25) is 0 Å². The summed E-state index contributed by atoms with van der Waals surface area (Å²) in [5.74, 6) is 0.253. The van der Waals surface area contributed by atoms with E-state index in [2.05, 4.69) is 4.98 Å². The predicted octanol–water partition coefficient (Wildman–Crippen LogP) is 2.31. The fourth-order valence-electron chi connectivity index (χ4n) is 2.07. The molecule has 2 heterocycles. The van der Waals surface area contributed by atoms with Crippen molar-refractivity contribution in [1.82, 2.24) is 4.98 Å². The Bertz CT molecular complexity index is 445. The van der Waals surface area contributed by atoms with Crippen LogP contribution in [0.25, 0.3) is 0 Å². The molecule has 18 heavy (non-hydrogen) atoms. The molecule has 0 radical (unpaired) electrons. The molecule has 1 saturated heterocycles. The maximum atomic E-state index is 12.6. The van der Waals surface area contributed by atoms with E-state index < -0.39 is 17.5 Å². The van der Waals surface area contributed by atoms with Gasteiger partial charge >= 0.3 is 6.18 Å². The van der Waals surface area contributed by atoms with Crippen molar-refractivity contribution in [2.45, 2.75) is 25.6 Å². The Morgan fingerprint density at radius 1 is 1.44 bits per heavy atom. The van der Waals surface area contributed by atoms with E-state index in [0.29, 0.717) is 13.1 Å². The van der Waals surface area contributed by atoms with Crippen molar-refractivity contribution in [3.05, 3.63) is 23.9 Å². The fraction of sp³-hybridized carbons (Fsp3) is 0.583. The molecule has 0 aliphatic carbocycles. The molecule has 2 atom stereocenters. The molecule has 1 aromatic heterocycles. The van der Waals surface area contributed by atoms with Gasteiger partial charge in [0.1, 0.15) is 11.5 Å². The lowest BCUT2D eigenvalue weighted by Gasteiger charge is -2.21. The monoisotopic (exact) mass is 260 g/mol. The predicted molar refractivity (Wildman–Crippen MR) is 61.2 cm³/mol. The van der Waals surface area contributed by atoms with Crippen LogP contribution in [-0.4, -0.2) is 28.8 Å². The molecule has 2 rings (SSSR count). The van der Waals surface area contributed by atoms with Crippen molar-refractivity contribution >= 4 is 5.82 Å². The van der Waals surface area contributed by atoms with Gasteiger partial charge in [-0.05, 0) is 19.1 Å². The van der Waals surface area contributed by atoms with E-state index in [0.717, 1.165) is 6.07 Å². The minimum atomic E-state index is -4.44. The number of aromatic nitrogens is 1. The van der Waals surface area contributed by atoms with Crippen LogP contribution in [-0.2, 0) is 6.18 Å². The van der Waals surface area contributed by atoms with Crippen molar-refractivity contribution in [3.63, 3.8) is 0 Å². The van der Waals surface area contributed by atoms with Crippen LogP contribution in [0.3, 0.4) is 0 Å². The van der Waals surface area contributed by atoms with Gasteiger partial charge in [0.15, 0.2) is 0 Å². The number of hydrogen-bond acceptors (Lipinski definition) is 3. The molecule has 1 aliphatic rings. The van der Waals surface area contributed by atoms with Crippen molar-refractivity contribution < 1.29 is 18.3 Å². The van der Waals surface area contributed by atoms with Crippen LogP contribution in [0.15, 0.2) is 18.2 Å². The summed E-state index contributed by atoms with van der Waals surface area (Å²) in [5.41, 5.74) is -1.80. The zero-order valence-electron chi connectivity index (χ0n) is 10.2. The number of hydrogen-bond donors (Lipinski definition) is 1. The molecule has 0 bridgehead atoms. The second-order valence-corrected chi connectivity index (χ2v) is 5.02. The average molecular weight is 260 g/mol. The van der Waals surface area contributed by atoms with Gasteiger partial charge < -0.3 is 10.0 Å². The number of anilines is 1. The van der Waals surface area contributed by atoms with Gasteiger partial charge in [0.2, 0.25) is 0 Å². The molecule has 0 saturated carbocycles. The lowest BCUT2D eigenvalue weighted by atomic mass is 9.95. The first-order valence-corrected chi connectivity index (χ1v) is 5.72. The van der Waals surface area contributed by atoms with E-state index >= 15 is 0 Å². The number of alkyl halides is 3. The van der Waals surface area contributed by atoms with E-state index in [4.69, 9.17) is 0 Å². The molecular formula is C12H15F3N2O. The first-order valence-electron chi connectivity index (χ1n) is 5.72. The standard InChI is InChI=1S/C12H15F3N2O/c1-8-6-17(7-11(8,2)18)10-5-3-4-9(16-10)12(13,14)15/h3-5,8,18H,6-7H2,1-2H3/t8-,11+/m1/s1. The fourth-order valence-corrected chi connectivity index (χ4v) is 2.07. The second kappa shape index (κ2) is 4.12. The summed E-state index contributed by atoms with van der Waals surface area (Å²) in [5, 5.41) is 10.0. The van der Waals surface area contributed by atoms with E-state index in [9.17, 15) is 18.3 Å². The third kappa shape index (κ3) is 2.43. The molecule has 0 amide bonds. The van der Waals surface area contributed by atoms with E-state index in [1.54, 1.807) is 11.8 Å². The maximum absolute atomic E-state index is 12.6. The summed E-state index contributed by atoms with van der Waals surface area (Å²) in [6, 6.07) is 3.81. The van der Waals surface area contributed by atoms with Crippen molar-refractivity contribution in [2.24, 2.45) is 5.92 Å². The molecule has 1 aliphatic heterocycles. The lowest BCUT2D eigenvalue weighted by molar-refractivity contribution is -0.141. The van der Waals surface area contributed by atoms with Crippen molar-refractivity contribution in [1.29, 1.82) is 0 Å². The molecular weight excluding hydrogens is 245 g/mol. The molecule has 0 unspecified atom stereocenters. The van der Waals surface area contributed by atoms with Crippen LogP contribution < -0.4 is 4.90 Å². The number of β-amino-alcohol motifs (C(OH)–C–C–N with tert-alkyl or cyclic N) is 1. The number of rotatable bonds is 1. The Morgan fingerprint density at radius 3 is 2.61 bits per heavy atom. The molecule has 100 valence electrons. The molecule has 1 N–H and O–H groups in total. The minimum Gasteiger partial charge on any atom is -0.388 e.